The van der Waals surface area contributed by atoms with Crippen LogP contribution in [0.15, 0.2) is 42.6 Å². The average Bonchev–Trinajstić information content (AvgIpc) is 3.44. The molecular formula is C25H28N6O2. The number of aromatic nitrogens is 5. The van der Waals surface area contributed by atoms with E-state index in [0.717, 1.165) is 16.9 Å². The van der Waals surface area contributed by atoms with Gasteiger partial charge in [-0.1, -0.05) is 25.1 Å². The maximum atomic E-state index is 12.4. The lowest BCUT2D eigenvalue weighted by Gasteiger charge is -2.13. The van der Waals surface area contributed by atoms with Gasteiger partial charge in [0.25, 0.3) is 5.91 Å². The van der Waals surface area contributed by atoms with Crippen LogP contribution in [0.2, 0.25) is 0 Å². The summed E-state index contributed by atoms with van der Waals surface area (Å²) >= 11 is 0. The largest absolute Gasteiger partial charge is 0.394 e. The number of carbonyl (C=O) groups is 1. The molecule has 1 saturated carbocycles. The smallest absolute Gasteiger partial charge is 0.251 e. The van der Waals surface area contributed by atoms with Crippen molar-refractivity contribution < 1.29 is 9.90 Å². The highest BCUT2D eigenvalue weighted by Gasteiger charge is 2.29. The van der Waals surface area contributed by atoms with Gasteiger partial charge in [0.05, 0.1) is 24.4 Å². The van der Waals surface area contributed by atoms with E-state index in [9.17, 15) is 9.90 Å². The van der Waals surface area contributed by atoms with Gasteiger partial charge in [-0.3, -0.25) is 14.6 Å². The van der Waals surface area contributed by atoms with Crippen molar-refractivity contribution in [2.24, 2.45) is 7.05 Å². The number of aromatic amines is 1. The van der Waals surface area contributed by atoms with Crippen molar-refractivity contribution >= 4 is 16.8 Å². The molecule has 4 aromatic rings. The summed E-state index contributed by atoms with van der Waals surface area (Å²) in [5.41, 5.74) is 5.14. The molecule has 0 spiro atoms. The first-order valence-corrected chi connectivity index (χ1v) is 11.4. The zero-order chi connectivity index (χ0) is 22.9. The Morgan fingerprint density at radius 3 is 2.73 bits per heavy atom. The van der Waals surface area contributed by atoms with Gasteiger partial charge in [-0.05, 0) is 54.5 Å². The molecule has 2 heterocycles. The topological polar surface area (TPSA) is 109 Å². The van der Waals surface area contributed by atoms with Crippen molar-refractivity contribution in [3.8, 4) is 11.4 Å². The molecule has 0 aliphatic heterocycles. The molecule has 1 amide bonds. The van der Waals surface area contributed by atoms with Crippen molar-refractivity contribution in [2.75, 3.05) is 6.61 Å². The lowest BCUT2D eigenvalue weighted by Crippen LogP contribution is -2.36. The molecule has 8 heteroatoms. The van der Waals surface area contributed by atoms with Gasteiger partial charge in [0.15, 0.2) is 5.82 Å². The molecule has 1 aliphatic carbocycles. The lowest BCUT2D eigenvalue weighted by atomic mass is 9.97. The van der Waals surface area contributed by atoms with Gasteiger partial charge in [-0.25, -0.2) is 4.98 Å². The van der Waals surface area contributed by atoms with Crippen LogP contribution in [-0.2, 0) is 13.5 Å². The first kappa shape index (κ1) is 21.3. The van der Waals surface area contributed by atoms with Crippen molar-refractivity contribution in [2.45, 2.75) is 44.6 Å². The molecular weight excluding hydrogens is 416 g/mol. The monoisotopic (exact) mass is 444 g/mol. The Kier molecular flexibility index (Phi) is 5.68. The fourth-order valence-electron chi connectivity index (χ4n) is 4.27. The number of amides is 1. The maximum Gasteiger partial charge on any atom is 0.251 e. The second-order valence-corrected chi connectivity index (χ2v) is 8.73. The number of aliphatic hydroxyl groups is 1. The molecule has 33 heavy (non-hydrogen) atoms. The predicted molar refractivity (Wildman–Crippen MR) is 126 cm³/mol. The SMILES string of the molecule is CCC(CO)NC(=O)c1ccc(-c2nc(Cc3ccc4[nH]ncc4c3C3CC3)n(C)n2)cc1. The second-order valence-electron chi connectivity index (χ2n) is 8.73. The summed E-state index contributed by atoms with van der Waals surface area (Å²) in [4.78, 5) is 17.2. The highest BCUT2D eigenvalue weighted by molar-refractivity contribution is 5.94. The summed E-state index contributed by atoms with van der Waals surface area (Å²) in [6, 6.07) is 11.3. The van der Waals surface area contributed by atoms with Crippen LogP contribution in [0.3, 0.4) is 0 Å². The highest BCUT2D eigenvalue weighted by Crippen LogP contribution is 2.45. The van der Waals surface area contributed by atoms with Crippen LogP contribution in [0, 0.1) is 0 Å². The Hall–Kier alpha value is -3.52. The van der Waals surface area contributed by atoms with Crippen LogP contribution >= 0.6 is 0 Å². The van der Waals surface area contributed by atoms with E-state index in [2.05, 4.69) is 32.7 Å². The van der Waals surface area contributed by atoms with Crippen LogP contribution in [-0.4, -0.2) is 48.6 Å². The minimum absolute atomic E-state index is 0.0725. The number of nitrogens with zero attached hydrogens (tertiary/aromatic N) is 4. The van der Waals surface area contributed by atoms with E-state index >= 15 is 0 Å². The number of benzene rings is 2. The molecule has 2 aromatic carbocycles. The molecule has 2 aromatic heterocycles. The summed E-state index contributed by atoms with van der Waals surface area (Å²) < 4.78 is 1.83. The molecule has 1 fully saturated rings. The lowest BCUT2D eigenvalue weighted by molar-refractivity contribution is 0.0915. The molecule has 170 valence electrons. The van der Waals surface area contributed by atoms with Gasteiger partial charge in [-0.2, -0.15) is 10.2 Å². The number of nitrogens with one attached hydrogen (secondary N) is 2. The standard InChI is InChI=1S/C25H28N6O2/c1-3-19(14-32)27-25(33)17-8-6-16(7-9-17)24-28-22(31(2)30-24)12-18-10-11-21-20(13-26-29-21)23(18)15-4-5-15/h6-11,13,15,19,32H,3-5,12,14H2,1-2H3,(H,26,29)(H,27,33). The van der Waals surface area contributed by atoms with E-state index in [0.29, 0.717) is 30.1 Å². The highest BCUT2D eigenvalue weighted by atomic mass is 16.3. The van der Waals surface area contributed by atoms with Crippen LogP contribution in [0.4, 0.5) is 0 Å². The first-order chi connectivity index (χ1) is 16.1. The normalized spacial score (nSPS) is 14.5. The maximum absolute atomic E-state index is 12.4. The van der Waals surface area contributed by atoms with E-state index in [-0.39, 0.29) is 18.6 Å². The number of aliphatic hydroxyl groups excluding tert-OH is 1. The van der Waals surface area contributed by atoms with Gasteiger partial charge in [0, 0.05) is 30.0 Å². The van der Waals surface area contributed by atoms with Crippen LogP contribution in [0.1, 0.15) is 59.4 Å². The third-order valence-corrected chi connectivity index (χ3v) is 6.40. The van der Waals surface area contributed by atoms with Gasteiger partial charge in [0.2, 0.25) is 0 Å². The molecule has 1 aliphatic rings. The fraction of sp³-hybridized carbons (Fsp3) is 0.360. The summed E-state index contributed by atoms with van der Waals surface area (Å²) in [5.74, 6) is 1.94. The van der Waals surface area contributed by atoms with Crippen molar-refractivity contribution in [3.05, 3.63) is 65.1 Å². The number of H-pyrrole nitrogens is 1. The average molecular weight is 445 g/mol. The van der Waals surface area contributed by atoms with E-state index in [1.165, 1.54) is 29.4 Å². The first-order valence-electron chi connectivity index (χ1n) is 11.4. The Labute approximate surface area is 192 Å². The number of aryl methyl sites for hydroxylation is 1. The molecule has 8 nitrogen and oxygen atoms in total. The van der Waals surface area contributed by atoms with Gasteiger partial charge in [0.1, 0.15) is 5.82 Å². The number of rotatable bonds is 8. The number of hydrogen-bond acceptors (Lipinski definition) is 5. The number of hydrogen-bond donors (Lipinski definition) is 3. The minimum Gasteiger partial charge on any atom is -0.394 e. The molecule has 3 N–H and O–H groups in total. The zero-order valence-corrected chi connectivity index (χ0v) is 18.9. The van der Waals surface area contributed by atoms with Crippen molar-refractivity contribution in [1.82, 2.24) is 30.3 Å². The molecule has 0 saturated heterocycles. The van der Waals surface area contributed by atoms with Gasteiger partial charge in [-0.15, -0.1) is 0 Å². The van der Waals surface area contributed by atoms with E-state index in [1.54, 1.807) is 12.1 Å². The third kappa shape index (κ3) is 4.26. The second kappa shape index (κ2) is 8.78. The number of carbonyl (C=O) groups excluding carboxylic acids is 1. The summed E-state index contributed by atoms with van der Waals surface area (Å²) in [5, 5.41) is 25.3. The summed E-state index contributed by atoms with van der Waals surface area (Å²) in [6.07, 6.45) is 5.75. The van der Waals surface area contributed by atoms with Crippen molar-refractivity contribution in [3.63, 3.8) is 0 Å². The van der Waals surface area contributed by atoms with E-state index in [4.69, 9.17) is 4.98 Å². The Morgan fingerprint density at radius 2 is 2.03 bits per heavy atom. The summed E-state index contributed by atoms with van der Waals surface area (Å²) in [6.45, 7) is 1.85. The van der Waals surface area contributed by atoms with E-state index in [1.807, 2.05) is 37.0 Å². The molecule has 0 radical (unpaired) electrons. The Bertz CT molecular complexity index is 1280. The summed E-state index contributed by atoms with van der Waals surface area (Å²) in [7, 11) is 1.92. The van der Waals surface area contributed by atoms with Crippen LogP contribution < -0.4 is 5.32 Å². The Balaban J connectivity index is 1.37. The molecule has 1 atom stereocenters. The van der Waals surface area contributed by atoms with Gasteiger partial charge < -0.3 is 10.4 Å². The third-order valence-electron chi connectivity index (χ3n) is 6.40. The van der Waals surface area contributed by atoms with Gasteiger partial charge >= 0.3 is 0 Å². The quantitative estimate of drug-likeness (QED) is 0.386. The molecule has 5 rings (SSSR count). The Morgan fingerprint density at radius 1 is 1.24 bits per heavy atom. The predicted octanol–water partition coefficient (Wildman–Crippen LogP) is 3.33. The molecule has 0 bridgehead atoms. The fourth-order valence-corrected chi connectivity index (χ4v) is 4.27. The minimum atomic E-state index is -0.237. The van der Waals surface area contributed by atoms with E-state index < -0.39 is 0 Å². The molecule has 1 unspecified atom stereocenters. The zero-order valence-electron chi connectivity index (χ0n) is 18.9. The number of fused-ring (bicyclic) bond motifs is 1. The van der Waals surface area contributed by atoms with Crippen molar-refractivity contribution in [1.29, 1.82) is 0 Å². The van der Waals surface area contributed by atoms with Crippen LogP contribution in [0.5, 0.6) is 0 Å². The van der Waals surface area contributed by atoms with Crippen LogP contribution in [0.25, 0.3) is 22.3 Å².